The Bertz CT molecular complexity index is 1820. The van der Waals surface area contributed by atoms with Crippen LogP contribution in [-0.4, -0.2) is 32.8 Å². The van der Waals surface area contributed by atoms with E-state index in [9.17, 15) is 4.79 Å². The Morgan fingerprint density at radius 2 is 1.39 bits per heavy atom. The molecule has 6 rings (SSSR count). The van der Waals surface area contributed by atoms with E-state index < -0.39 is 0 Å². The van der Waals surface area contributed by atoms with Crippen LogP contribution < -0.4 is 24.7 Å². The number of aryl methyl sites for hydroxylation is 1. The summed E-state index contributed by atoms with van der Waals surface area (Å²) in [5.41, 5.74) is 10.4. The van der Waals surface area contributed by atoms with Gasteiger partial charge < -0.3 is 9.80 Å². The number of fused-ring (bicyclic) bond motifs is 1. The van der Waals surface area contributed by atoms with E-state index in [2.05, 4.69) is 110 Å². The molecule has 0 radical (unpaired) electrons. The molecule has 2 aliphatic rings. The van der Waals surface area contributed by atoms with Gasteiger partial charge in [0.05, 0.1) is 16.3 Å². The molecular weight excluding hydrogens is 524 g/mol. The van der Waals surface area contributed by atoms with Crippen molar-refractivity contribution in [2.24, 2.45) is 4.99 Å². The largest absolute Gasteiger partial charge is 0.378 e. The Kier molecular flexibility index (Phi) is 7.26. The number of hydrogen-bond donors (Lipinski definition) is 0. The van der Waals surface area contributed by atoms with Gasteiger partial charge in [-0.05, 0) is 90.4 Å². The predicted octanol–water partition coefficient (Wildman–Crippen LogP) is 5.92. The maximum atomic E-state index is 14.0. The molecule has 3 aromatic carbocycles. The quantitative estimate of drug-likeness (QED) is 0.304. The lowest BCUT2D eigenvalue weighted by Crippen LogP contribution is -2.39. The standard InChI is InChI=1S/C35H36N4OS/c1-23-9-11-25(12-10-23)22-31-34(40)39-33(26-15-19-29(20-16-26)38(4)5)30-8-6-7-27(32(30)36-35(39)41-31)21-24-13-17-28(18-14-24)37(2)3/h9-22,33H,6-8H2,1-5H3/b27-21+,31-22+/t33-/m1/s1. The minimum atomic E-state index is -0.169. The van der Waals surface area contributed by atoms with Crippen molar-refractivity contribution in [2.75, 3.05) is 38.0 Å². The lowest BCUT2D eigenvalue weighted by atomic mass is 9.83. The van der Waals surface area contributed by atoms with E-state index in [1.807, 2.05) is 24.7 Å². The van der Waals surface area contributed by atoms with Gasteiger partial charge in [0.25, 0.3) is 5.56 Å². The zero-order valence-electron chi connectivity index (χ0n) is 24.4. The molecule has 0 N–H and O–H groups in total. The molecule has 0 spiro atoms. The van der Waals surface area contributed by atoms with Gasteiger partial charge in [-0.2, -0.15) is 0 Å². The van der Waals surface area contributed by atoms with Crippen molar-refractivity contribution in [3.8, 4) is 0 Å². The van der Waals surface area contributed by atoms with Crippen molar-refractivity contribution in [1.29, 1.82) is 0 Å². The summed E-state index contributed by atoms with van der Waals surface area (Å²) in [6, 6.07) is 25.4. The molecule has 5 nitrogen and oxygen atoms in total. The molecule has 2 heterocycles. The molecule has 6 heteroatoms. The maximum Gasteiger partial charge on any atom is 0.271 e. The first-order chi connectivity index (χ1) is 19.8. The van der Waals surface area contributed by atoms with E-state index in [0.29, 0.717) is 4.53 Å². The summed E-state index contributed by atoms with van der Waals surface area (Å²) in [5.74, 6) is 0. The SMILES string of the molecule is Cc1ccc(/C=c2/sc3n(c2=O)[C@H](c2ccc(N(C)C)cc2)C2=C(N=3)/C(=C/c3ccc(N(C)C)cc3)CCC2)cc1. The van der Waals surface area contributed by atoms with Gasteiger partial charge >= 0.3 is 0 Å². The highest BCUT2D eigenvalue weighted by atomic mass is 32.1. The van der Waals surface area contributed by atoms with Gasteiger partial charge in [-0.15, -0.1) is 0 Å². The molecule has 208 valence electrons. The lowest BCUT2D eigenvalue weighted by molar-refractivity contribution is 0.553. The smallest absolute Gasteiger partial charge is 0.271 e. The number of rotatable bonds is 5. The van der Waals surface area contributed by atoms with Crippen molar-refractivity contribution in [3.63, 3.8) is 0 Å². The van der Waals surface area contributed by atoms with E-state index in [4.69, 9.17) is 4.99 Å². The predicted molar refractivity (Wildman–Crippen MR) is 173 cm³/mol. The second kappa shape index (κ2) is 11.0. The van der Waals surface area contributed by atoms with Crippen LogP contribution in [0.3, 0.4) is 0 Å². The molecule has 0 amide bonds. The highest BCUT2D eigenvalue weighted by molar-refractivity contribution is 7.07. The summed E-state index contributed by atoms with van der Waals surface area (Å²) in [6.45, 7) is 2.07. The fourth-order valence-corrected chi connectivity index (χ4v) is 6.70. The van der Waals surface area contributed by atoms with E-state index in [1.165, 1.54) is 39.3 Å². The number of allylic oxidation sites excluding steroid dienone is 2. The second-order valence-electron chi connectivity index (χ2n) is 11.4. The van der Waals surface area contributed by atoms with Gasteiger partial charge in [-0.3, -0.25) is 9.36 Å². The summed E-state index contributed by atoms with van der Waals surface area (Å²) in [4.78, 5) is 24.2. The van der Waals surface area contributed by atoms with Crippen molar-refractivity contribution in [3.05, 3.63) is 132 Å². The molecule has 0 unspecified atom stereocenters. The number of anilines is 2. The Morgan fingerprint density at radius 1 is 0.805 bits per heavy atom. The van der Waals surface area contributed by atoms with Crippen LogP contribution in [0.4, 0.5) is 11.4 Å². The van der Waals surface area contributed by atoms with E-state index >= 15 is 0 Å². The highest BCUT2D eigenvalue weighted by Gasteiger charge is 2.32. The molecule has 1 atom stereocenters. The van der Waals surface area contributed by atoms with Crippen LogP contribution in [0, 0.1) is 6.92 Å². The average Bonchev–Trinajstić information content (AvgIpc) is 3.28. The van der Waals surface area contributed by atoms with Crippen molar-refractivity contribution < 1.29 is 0 Å². The number of hydrogen-bond acceptors (Lipinski definition) is 5. The summed E-state index contributed by atoms with van der Waals surface area (Å²) in [7, 11) is 8.21. The van der Waals surface area contributed by atoms with Crippen molar-refractivity contribution >= 4 is 34.9 Å². The minimum absolute atomic E-state index is 0.0259. The van der Waals surface area contributed by atoms with Crippen LogP contribution in [0.1, 0.15) is 47.6 Å². The Balaban J connectivity index is 1.53. The Labute approximate surface area is 245 Å². The summed E-state index contributed by atoms with van der Waals surface area (Å²) in [5, 5.41) is 0. The zero-order chi connectivity index (χ0) is 28.7. The van der Waals surface area contributed by atoms with Crippen LogP contribution in [0.25, 0.3) is 12.2 Å². The summed E-state index contributed by atoms with van der Waals surface area (Å²) >= 11 is 1.49. The maximum absolute atomic E-state index is 14.0. The Morgan fingerprint density at radius 3 is 2.02 bits per heavy atom. The van der Waals surface area contributed by atoms with Crippen LogP contribution in [0.15, 0.2) is 99.4 Å². The van der Waals surface area contributed by atoms with E-state index in [1.54, 1.807) is 0 Å². The average molecular weight is 561 g/mol. The third-order valence-electron chi connectivity index (χ3n) is 7.98. The number of aromatic nitrogens is 1. The van der Waals surface area contributed by atoms with E-state index in [-0.39, 0.29) is 11.6 Å². The molecule has 0 saturated carbocycles. The fourth-order valence-electron chi connectivity index (χ4n) is 5.70. The zero-order valence-corrected chi connectivity index (χ0v) is 25.2. The lowest BCUT2D eigenvalue weighted by Gasteiger charge is -2.31. The third kappa shape index (κ3) is 5.32. The minimum Gasteiger partial charge on any atom is -0.378 e. The molecule has 1 aromatic heterocycles. The molecule has 4 aromatic rings. The first-order valence-corrected chi connectivity index (χ1v) is 15.0. The van der Waals surface area contributed by atoms with Crippen molar-refractivity contribution in [2.45, 2.75) is 32.2 Å². The molecule has 1 aliphatic heterocycles. The van der Waals surface area contributed by atoms with Crippen LogP contribution >= 0.6 is 11.3 Å². The summed E-state index contributed by atoms with van der Waals surface area (Å²) in [6.07, 6.45) is 7.22. The van der Waals surface area contributed by atoms with Crippen LogP contribution in [0.2, 0.25) is 0 Å². The number of thiazole rings is 1. The molecule has 0 saturated heterocycles. The fraction of sp³-hybridized carbons (Fsp3) is 0.257. The molecular formula is C35H36N4OS. The van der Waals surface area contributed by atoms with Gasteiger partial charge in [0.1, 0.15) is 0 Å². The van der Waals surface area contributed by atoms with Crippen LogP contribution in [-0.2, 0) is 0 Å². The highest BCUT2D eigenvalue weighted by Crippen LogP contribution is 2.41. The molecule has 1 aliphatic carbocycles. The van der Waals surface area contributed by atoms with Gasteiger partial charge in [0, 0.05) is 39.6 Å². The van der Waals surface area contributed by atoms with Gasteiger partial charge in [0.15, 0.2) is 4.80 Å². The van der Waals surface area contributed by atoms with E-state index in [0.717, 1.165) is 46.6 Å². The second-order valence-corrected chi connectivity index (χ2v) is 12.4. The van der Waals surface area contributed by atoms with Gasteiger partial charge in [0.2, 0.25) is 0 Å². The van der Waals surface area contributed by atoms with Crippen LogP contribution in [0.5, 0.6) is 0 Å². The summed E-state index contributed by atoms with van der Waals surface area (Å²) < 4.78 is 2.65. The topological polar surface area (TPSA) is 40.8 Å². The van der Waals surface area contributed by atoms with Crippen molar-refractivity contribution in [1.82, 2.24) is 4.57 Å². The first-order valence-electron chi connectivity index (χ1n) is 14.2. The molecule has 0 bridgehead atoms. The Hall–Kier alpha value is -4.16. The monoisotopic (exact) mass is 560 g/mol. The molecule has 41 heavy (non-hydrogen) atoms. The first kappa shape index (κ1) is 27.0. The van der Waals surface area contributed by atoms with Gasteiger partial charge in [-0.1, -0.05) is 65.4 Å². The third-order valence-corrected chi connectivity index (χ3v) is 8.97. The molecule has 0 fully saturated rings. The number of benzene rings is 3. The number of nitrogens with zero attached hydrogens (tertiary/aromatic N) is 4. The normalized spacial score (nSPS) is 17.7. The van der Waals surface area contributed by atoms with Gasteiger partial charge in [-0.25, -0.2) is 4.99 Å².